The number of nitrogens with zero attached hydrogens (tertiary/aromatic N) is 2. The van der Waals surface area contributed by atoms with Crippen molar-refractivity contribution in [3.8, 4) is 0 Å². The van der Waals surface area contributed by atoms with Crippen molar-refractivity contribution in [2.24, 2.45) is 0 Å². The lowest BCUT2D eigenvalue weighted by Gasteiger charge is -2.37. The number of hydrogen-bond donors (Lipinski definition) is 1. The molecule has 0 unspecified atom stereocenters. The quantitative estimate of drug-likeness (QED) is 0.804. The Morgan fingerprint density at radius 1 is 1.00 bits per heavy atom. The van der Waals surface area contributed by atoms with E-state index in [9.17, 15) is 4.79 Å². The van der Waals surface area contributed by atoms with Crippen molar-refractivity contribution >= 4 is 5.91 Å². The average molecular weight is 251 g/mol. The summed E-state index contributed by atoms with van der Waals surface area (Å²) in [5, 5.41) is 3.07. The second kappa shape index (κ2) is 5.57. The molecule has 2 aliphatic carbocycles. The number of carbonyl (C=O) groups excluding carboxylic acids is 1. The molecule has 1 aliphatic heterocycles. The molecule has 3 rings (SSSR count). The molecule has 0 aromatic carbocycles. The van der Waals surface area contributed by atoms with Crippen LogP contribution in [0.15, 0.2) is 0 Å². The fourth-order valence-electron chi connectivity index (χ4n) is 3.26. The summed E-state index contributed by atoms with van der Waals surface area (Å²) in [6.45, 7) is 5.04. The molecule has 3 aliphatic rings. The monoisotopic (exact) mass is 251 g/mol. The molecule has 0 radical (unpaired) electrons. The van der Waals surface area contributed by atoms with Crippen LogP contribution in [0.3, 0.4) is 0 Å². The molecular weight excluding hydrogens is 226 g/mol. The van der Waals surface area contributed by atoms with Gasteiger partial charge in [-0.15, -0.1) is 0 Å². The third kappa shape index (κ3) is 3.23. The molecule has 1 N–H and O–H groups in total. The van der Waals surface area contributed by atoms with Gasteiger partial charge in [0.15, 0.2) is 0 Å². The molecule has 1 heterocycles. The Hall–Kier alpha value is -0.610. The largest absolute Gasteiger partial charge is 0.352 e. The van der Waals surface area contributed by atoms with E-state index >= 15 is 0 Å². The van der Waals surface area contributed by atoms with Gasteiger partial charge in [-0.3, -0.25) is 14.6 Å². The van der Waals surface area contributed by atoms with Gasteiger partial charge in [0.2, 0.25) is 5.91 Å². The minimum absolute atomic E-state index is 0.229. The molecule has 1 saturated heterocycles. The Morgan fingerprint density at radius 2 is 1.67 bits per heavy atom. The summed E-state index contributed by atoms with van der Waals surface area (Å²) in [6.07, 6.45) is 7.97. The predicted molar refractivity (Wildman–Crippen MR) is 71.4 cm³/mol. The molecule has 4 nitrogen and oxygen atoms in total. The average Bonchev–Trinajstić information content (AvgIpc) is 3.01. The first-order chi connectivity index (χ1) is 8.81. The number of amides is 1. The molecule has 0 atom stereocenters. The van der Waals surface area contributed by atoms with E-state index in [1.807, 2.05) is 0 Å². The number of nitrogens with one attached hydrogen (secondary N) is 1. The summed E-state index contributed by atoms with van der Waals surface area (Å²) >= 11 is 0. The first-order valence-corrected chi connectivity index (χ1v) is 7.57. The van der Waals surface area contributed by atoms with Crippen LogP contribution < -0.4 is 5.32 Å². The Kier molecular flexibility index (Phi) is 3.85. The van der Waals surface area contributed by atoms with Crippen LogP contribution in [0.4, 0.5) is 0 Å². The normalized spacial score (nSPS) is 27.6. The first kappa shape index (κ1) is 12.4. The van der Waals surface area contributed by atoms with Gasteiger partial charge in [0, 0.05) is 38.3 Å². The highest BCUT2D eigenvalue weighted by Crippen LogP contribution is 2.24. The molecule has 4 heteroatoms. The second-order valence-electron chi connectivity index (χ2n) is 6.09. The molecule has 0 aromatic heterocycles. The van der Waals surface area contributed by atoms with Crippen LogP contribution in [0.25, 0.3) is 0 Å². The highest BCUT2D eigenvalue weighted by molar-refractivity contribution is 5.78. The van der Waals surface area contributed by atoms with Gasteiger partial charge in [0.1, 0.15) is 0 Å². The van der Waals surface area contributed by atoms with Gasteiger partial charge >= 0.3 is 0 Å². The van der Waals surface area contributed by atoms with Crippen LogP contribution in [-0.2, 0) is 4.79 Å². The van der Waals surface area contributed by atoms with Crippen LogP contribution in [0.1, 0.15) is 38.5 Å². The van der Waals surface area contributed by atoms with Gasteiger partial charge in [0.05, 0.1) is 6.54 Å². The topological polar surface area (TPSA) is 35.6 Å². The van der Waals surface area contributed by atoms with E-state index in [0.717, 1.165) is 32.2 Å². The fraction of sp³-hybridized carbons (Fsp3) is 0.929. The molecule has 102 valence electrons. The Labute approximate surface area is 110 Å². The van der Waals surface area contributed by atoms with E-state index in [0.29, 0.717) is 12.6 Å². The number of rotatable bonds is 4. The van der Waals surface area contributed by atoms with E-state index in [2.05, 4.69) is 15.1 Å². The zero-order valence-electron chi connectivity index (χ0n) is 11.2. The van der Waals surface area contributed by atoms with Gasteiger partial charge < -0.3 is 5.32 Å². The SMILES string of the molecule is O=C(CN1CCN(C2CCCC2)CC1)NC1CC1. The van der Waals surface area contributed by atoms with Crippen LogP contribution in [-0.4, -0.2) is 60.5 Å². The lowest BCUT2D eigenvalue weighted by molar-refractivity contribution is -0.122. The van der Waals surface area contributed by atoms with Crippen molar-refractivity contribution in [3.63, 3.8) is 0 Å². The smallest absolute Gasteiger partial charge is 0.234 e. The molecule has 18 heavy (non-hydrogen) atoms. The molecule has 0 aromatic rings. The minimum atomic E-state index is 0.229. The van der Waals surface area contributed by atoms with Gasteiger partial charge in [-0.1, -0.05) is 12.8 Å². The van der Waals surface area contributed by atoms with E-state index < -0.39 is 0 Å². The van der Waals surface area contributed by atoms with Crippen molar-refractivity contribution in [1.29, 1.82) is 0 Å². The first-order valence-electron chi connectivity index (χ1n) is 7.57. The Balaban J connectivity index is 1.37. The summed E-state index contributed by atoms with van der Waals surface area (Å²) in [5.41, 5.74) is 0. The maximum absolute atomic E-state index is 11.7. The van der Waals surface area contributed by atoms with Crippen LogP contribution in [0, 0.1) is 0 Å². The van der Waals surface area contributed by atoms with Crippen molar-refractivity contribution in [2.45, 2.75) is 50.6 Å². The van der Waals surface area contributed by atoms with Gasteiger partial charge in [-0.25, -0.2) is 0 Å². The summed E-state index contributed by atoms with van der Waals surface area (Å²) in [6, 6.07) is 1.34. The van der Waals surface area contributed by atoms with E-state index in [-0.39, 0.29) is 5.91 Å². The maximum Gasteiger partial charge on any atom is 0.234 e. The zero-order chi connectivity index (χ0) is 12.4. The van der Waals surface area contributed by atoms with Gasteiger partial charge in [-0.05, 0) is 25.7 Å². The number of piperazine rings is 1. The van der Waals surface area contributed by atoms with E-state index in [1.54, 1.807) is 0 Å². The van der Waals surface area contributed by atoms with E-state index in [1.165, 1.54) is 38.5 Å². The number of carbonyl (C=O) groups is 1. The van der Waals surface area contributed by atoms with Crippen LogP contribution >= 0.6 is 0 Å². The Morgan fingerprint density at radius 3 is 2.28 bits per heavy atom. The lowest BCUT2D eigenvalue weighted by Crippen LogP contribution is -2.52. The van der Waals surface area contributed by atoms with Crippen LogP contribution in [0.5, 0.6) is 0 Å². The fourth-order valence-corrected chi connectivity index (χ4v) is 3.26. The van der Waals surface area contributed by atoms with Gasteiger partial charge in [-0.2, -0.15) is 0 Å². The lowest BCUT2D eigenvalue weighted by atomic mass is 10.2. The highest BCUT2D eigenvalue weighted by Gasteiger charge is 2.28. The summed E-state index contributed by atoms with van der Waals surface area (Å²) < 4.78 is 0. The van der Waals surface area contributed by atoms with Crippen molar-refractivity contribution in [2.75, 3.05) is 32.7 Å². The third-order valence-corrected chi connectivity index (χ3v) is 4.56. The maximum atomic E-state index is 11.7. The molecule has 1 amide bonds. The predicted octanol–water partition coefficient (Wildman–Crippen LogP) is 0.825. The van der Waals surface area contributed by atoms with Crippen LogP contribution in [0.2, 0.25) is 0 Å². The van der Waals surface area contributed by atoms with Crippen molar-refractivity contribution in [1.82, 2.24) is 15.1 Å². The number of hydrogen-bond acceptors (Lipinski definition) is 3. The summed E-state index contributed by atoms with van der Waals surface area (Å²) in [7, 11) is 0. The second-order valence-corrected chi connectivity index (χ2v) is 6.09. The van der Waals surface area contributed by atoms with Gasteiger partial charge in [0.25, 0.3) is 0 Å². The highest BCUT2D eigenvalue weighted by atomic mass is 16.2. The van der Waals surface area contributed by atoms with Crippen molar-refractivity contribution in [3.05, 3.63) is 0 Å². The third-order valence-electron chi connectivity index (χ3n) is 4.56. The minimum Gasteiger partial charge on any atom is -0.352 e. The molecule has 0 spiro atoms. The summed E-state index contributed by atoms with van der Waals surface area (Å²) in [4.78, 5) is 16.7. The Bertz CT molecular complexity index is 289. The molecule has 3 fully saturated rings. The summed E-state index contributed by atoms with van der Waals surface area (Å²) in [5.74, 6) is 0.229. The molecular formula is C14H25N3O. The zero-order valence-corrected chi connectivity index (χ0v) is 11.2. The van der Waals surface area contributed by atoms with Crippen molar-refractivity contribution < 1.29 is 4.79 Å². The molecule has 0 bridgehead atoms. The standard InChI is InChI=1S/C14H25N3O/c18-14(15-12-5-6-12)11-16-7-9-17(10-8-16)13-3-1-2-4-13/h12-13H,1-11H2,(H,15,18). The van der Waals surface area contributed by atoms with E-state index in [4.69, 9.17) is 0 Å². The molecule has 2 saturated carbocycles.